The van der Waals surface area contributed by atoms with E-state index >= 15 is 0 Å². The van der Waals surface area contributed by atoms with Crippen molar-refractivity contribution in [2.75, 3.05) is 0 Å². The molecular weight excluding hydrogens is 434 g/mol. The topological polar surface area (TPSA) is 42.2 Å². The van der Waals surface area contributed by atoms with E-state index in [1.807, 2.05) is 48.5 Å². The number of nitriles is 1. The third-order valence-electron chi connectivity index (χ3n) is 3.11. The fourth-order valence-corrected chi connectivity index (χ4v) is 2.56. The Morgan fingerprint density at radius 3 is 1.42 bits per heavy atom. The first-order valence-electron chi connectivity index (χ1n) is 7.04. The van der Waals surface area contributed by atoms with Gasteiger partial charge in [-0.15, -0.1) is 0 Å². The number of hydrogen-bond donors (Lipinski definition) is 0. The van der Waals surface area contributed by atoms with Gasteiger partial charge in [0.05, 0.1) is 11.6 Å². The Labute approximate surface area is 156 Å². The summed E-state index contributed by atoms with van der Waals surface area (Å²) in [5.74, 6) is 2.46. The molecule has 5 heteroatoms. The quantitative estimate of drug-likeness (QED) is 0.451. The minimum Gasteiger partial charge on any atom is -0.457 e. The molecule has 24 heavy (non-hydrogen) atoms. The average Bonchev–Trinajstić information content (AvgIpc) is 2.59. The standard InChI is InChI=1S/C19H11Br2NO2/c20-14-1-5-16(6-2-14)23-18-9-13(12-22)10-19(11-18)24-17-7-3-15(21)4-8-17/h1-11H. The van der Waals surface area contributed by atoms with Crippen LogP contribution >= 0.6 is 31.9 Å². The molecule has 0 atom stereocenters. The van der Waals surface area contributed by atoms with Gasteiger partial charge in [0.1, 0.15) is 23.0 Å². The lowest BCUT2D eigenvalue weighted by Gasteiger charge is -2.10. The summed E-state index contributed by atoms with van der Waals surface area (Å²) >= 11 is 6.77. The van der Waals surface area contributed by atoms with Crippen LogP contribution in [0.25, 0.3) is 0 Å². The number of nitrogens with zero attached hydrogens (tertiary/aromatic N) is 1. The van der Waals surface area contributed by atoms with Crippen LogP contribution in [-0.4, -0.2) is 0 Å². The first-order chi connectivity index (χ1) is 11.6. The molecule has 0 unspecified atom stereocenters. The maximum absolute atomic E-state index is 9.22. The number of ether oxygens (including phenoxy) is 2. The van der Waals surface area contributed by atoms with E-state index in [0.29, 0.717) is 28.6 Å². The first kappa shape index (κ1) is 16.6. The van der Waals surface area contributed by atoms with Gasteiger partial charge in [-0.25, -0.2) is 0 Å². The number of benzene rings is 3. The predicted molar refractivity (Wildman–Crippen MR) is 99.6 cm³/mol. The van der Waals surface area contributed by atoms with Gasteiger partial charge in [-0.05, 0) is 60.7 Å². The van der Waals surface area contributed by atoms with Crippen molar-refractivity contribution in [1.82, 2.24) is 0 Å². The molecule has 0 fully saturated rings. The zero-order chi connectivity index (χ0) is 16.9. The highest BCUT2D eigenvalue weighted by Gasteiger charge is 2.06. The summed E-state index contributed by atoms with van der Waals surface area (Å²) in [6.45, 7) is 0. The van der Waals surface area contributed by atoms with Gasteiger partial charge in [0.25, 0.3) is 0 Å². The molecule has 0 saturated carbocycles. The Morgan fingerprint density at radius 1 is 0.625 bits per heavy atom. The lowest BCUT2D eigenvalue weighted by Crippen LogP contribution is -1.89. The summed E-state index contributed by atoms with van der Waals surface area (Å²) in [4.78, 5) is 0. The second-order valence-corrected chi connectivity index (χ2v) is 6.75. The van der Waals surface area contributed by atoms with Crippen molar-refractivity contribution in [1.29, 1.82) is 5.26 Å². The molecule has 118 valence electrons. The third-order valence-corrected chi connectivity index (χ3v) is 4.17. The summed E-state index contributed by atoms with van der Waals surface area (Å²) in [6, 6.07) is 22.2. The highest BCUT2D eigenvalue weighted by Crippen LogP contribution is 2.31. The van der Waals surface area contributed by atoms with Crippen LogP contribution in [0.15, 0.2) is 75.7 Å². The Morgan fingerprint density at radius 2 is 1.04 bits per heavy atom. The fourth-order valence-electron chi connectivity index (χ4n) is 2.03. The Hall–Kier alpha value is -2.29. The predicted octanol–water partition coefficient (Wildman–Crippen LogP) is 6.67. The molecular formula is C19H11Br2NO2. The maximum atomic E-state index is 9.22. The minimum atomic E-state index is 0.469. The first-order valence-corrected chi connectivity index (χ1v) is 8.63. The summed E-state index contributed by atoms with van der Waals surface area (Å²) in [6.07, 6.45) is 0. The molecule has 3 aromatic rings. The average molecular weight is 445 g/mol. The highest BCUT2D eigenvalue weighted by atomic mass is 79.9. The van der Waals surface area contributed by atoms with E-state index < -0.39 is 0 Å². The molecule has 0 spiro atoms. The van der Waals surface area contributed by atoms with Crippen LogP contribution in [0.1, 0.15) is 5.56 Å². The zero-order valence-corrected chi connectivity index (χ0v) is 15.5. The molecule has 0 aliphatic carbocycles. The normalized spacial score (nSPS) is 10.0. The van der Waals surface area contributed by atoms with Crippen LogP contribution in [0.4, 0.5) is 0 Å². The maximum Gasteiger partial charge on any atom is 0.132 e. The number of hydrogen-bond acceptors (Lipinski definition) is 3. The van der Waals surface area contributed by atoms with Gasteiger partial charge in [-0.1, -0.05) is 31.9 Å². The summed E-state index contributed by atoms with van der Waals surface area (Å²) in [7, 11) is 0. The van der Waals surface area contributed by atoms with Crippen LogP contribution in [0, 0.1) is 11.3 Å². The number of rotatable bonds is 4. The van der Waals surface area contributed by atoms with Gasteiger partial charge in [-0.2, -0.15) is 5.26 Å². The van der Waals surface area contributed by atoms with Crippen LogP contribution < -0.4 is 9.47 Å². The second kappa shape index (κ2) is 7.52. The Balaban J connectivity index is 1.86. The molecule has 0 saturated heterocycles. The smallest absolute Gasteiger partial charge is 0.132 e. The van der Waals surface area contributed by atoms with Gasteiger partial charge < -0.3 is 9.47 Å². The molecule has 3 aromatic carbocycles. The third kappa shape index (κ3) is 4.38. The molecule has 0 aliphatic rings. The SMILES string of the molecule is N#Cc1cc(Oc2ccc(Br)cc2)cc(Oc2ccc(Br)cc2)c1. The molecule has 0 radical (unpaired) electrons. The summed E-state index contributed by atoms with van der Waals surface area (Å²) in [5.41, 5.74) is 0.469. The van der Waals surface area contributed by atoms with E-state index in [0.717, 1.165) is 8.95 Å². The summed E-state index contributed by atoms with van der Waals surface area (Å²) in [5, 5.41) is 9.22. The molecule has 0 heterocycles. The van der Waals surface area contributed by atoms with Gasteiger partial charge >= 0.3 is 0 Å². The summed E-state index contributed by atoms with van der Waals surface area (Å²) < 4.78 is 13.6. The Bertz CT molecular complexity index is 819. The van der Waals surface area contributed by atoms with Crippen molar-refractivity contribution in [3.05, 3.63) is 81.2 Å². The van der Waals surface area contributed by atoms with Crippen molar-refractivity contribution in [3.8, 4) is 29.1 Å². The van der Waals surface area contributed by atoms with Gasteiger partial charge in [0.15, 0.2) is 0 Å². The minimum absolute atomic E-state index is 0.469. The van der Waals surface area contributed by atoms with Crippen LogP contribution in [0.2, 0.25) is 0 Å². The van der Waals surface area contributed by atoms with Crippen LogP contribution in [-0.2, 0) is 0 Å². The fraction of sp³-hybridized carbons (Fsp3) is 0. The molecule has 0 aliphatic heterocycles. The number of halogens is 2. The van der Waals surface area contributed by atoms with Crippen LogP contribution in [0.3, 0.4) is 0 Å². The highest BCUT2D eigenvalue weighted by molar-refractivity contribution is 9.10. The van der Waals surface area contributed by atoms with E-state index in [4.69, 9.17) is 9.47 Å². The molecule has 0 bridgehead atoms. The molecule has 0 N–H and O–H groups in total. The van der Waals surface area contributed by atoms with Crippen molar-refractivity contribution >= 4 is 31.9 Å². The zero-order valence-electron chi connectivity index (χ0n) is 12.4. The van der Waals surface area contributed by atoms with E-state index in [1.165, 1.54) is 0 Å². The van der Waals surface area contributed by atoms with Crippen molar-refractivity contribution < 1.29 is 9.47 Å². The molecule has 0 aromatic heterocycles. The lowest BCUT2D eigenvalue weighted by atomic mass is 10.2. The van der Waals surface area contributed by atoms with Gasteiger partial charge in [0, 0.05) is 15.0 Å². The lowest BCUT2D eigenvalue weighted by molar-refractivity contribution is 0.460. The van der Waals surface area contributed by atoms with Crippen LogP contribution in [0.5, 0.6) is 23.0 Å². The van der Waals surface area contributed by atoms with Crippen molar-refractivity contribution in [3.63, 3.8) is 0 Å². The van der Waals surface area contributed by atoms with Crippen molar-refractivity contribution in [2.45, 2.75) is 0 Å². The molecule has 0 amide bonds. The monoisotopic (exact) mass is 443 g/mol. The Kier molecular flexibility index (Phi) is 5.19. The van der Waals surface area contributed by atoms with E-state index in [9.17, 15) is 5.26 Å². The van der Waals surface area contributed by atoms with Gasteiger partial charge in [-0.3, -0.25) is 0 Å². The van der Waals surface area contributed by atoms with Gasteiger partial charge in [0.2, 0.25) is 0 Å². The van der Waals surface area contributed by atoms with E-state index in [-0.39, 0.29) is 0 Å². The molecule has 3 rings (SSSR count). The van der Waals surface area contributed by atoms with E-state index in [2.05, 4.69) is 37.9 Å². The molecule has 3 nitrogen and oxygen atoms in total. The van der Waals surface area contributed by atoms with E-state index in [1.54, 1.807) is 18.2 Å². The largest absolute Gasteiger partial charge is 0.457 e. The van der Waals surface area contributed by atoms with Crippen molar-refractivity contribution in [2.24, 2.45) is 0 Å². The second-order valence-electron chi connectivity index (χ2n) is 4.92.